The number of rotatable bonds is 8. The van der Waals surface area contributed by atoms with Crippen LogP contribution >= 0.6 is 11.6 Å². The minimum absolute atomic E-state index is 0.0187. The molecule has 4 heterocycles. The molecule has 2 aromatic carbocycles. The van der Waals surface area contributed by atoms with Gasteiger partial charge in [0.15, 0.2) is 5.78 Å². The van der Waals surface area contributed by atoms with Gasteiger partial charge in [-0.05, 0) is 90.8 Å². The minimum atomic E-state index is -0.305. The monoisotopic (exact) mass is 737 g/mol. The number of carbonyl (C=O) groups is 4. The number of ketones is 2. The van der Waals surface area contributed by atoms with Crippen molar-refractivity contribution in [3.8, 4) is 16.9 Å². The minimum Gasteiger partial charge on any atom is -0.496 e. The van der Waals surface area contributed by atoms with Crippen LogP contribution in [0.3, 0.4) is 0 Å². The molecule has 2 amide bonds. The summed E-state index contributed by atoms with van der Waals surface area (Å²) < 4.78 is 7.20. The number of aromatic nitrogens is 2. The second-order valence-electron chi connectivity index (χ2n) is 14.5. The van der Waals surface area contributed by atoms with Gasteiger partial charge in [-0.3, -0.25) is 29.0 Å². The number of ether oxygens (including phenoxy) is 1. The van der Waals surface area contributed by atoms with E-state index in [4.69, 9.17) is 16.3 Å². The van der Waals surface area contributed by atoms with Gasteiger partial charge in [0.05, 0.1) is 30.0 Å². The molecule has 2 saturated heterocycles. The second-order valence-corrected chi connectivity index (χ2v) is 15.0. The van der Waals surface area contributed by atoms with E-state index in [2.05, 4.69) is 22.4 Å². The molecular formula is C41H44ClN5O6. The molecule has 3 aliphatic rings. The first-order valence-corrected chi connectivity index (χ1v) is 18.8. The van der Waals surface area contributed by atoms with Crippen molar-refractivity contribution in [2.24, 2.45) is 13.0 Å². The summed E-state index contributed by atoms with van der Waals surface area (Å²) in [5.41, 5.74) is 3.75. The zero-order valence-corrected chi connectivity index (χ0v) is 30.9. The fourth-order valence-electron chi connectivity index (χ4n) is 8.06. The van der Waals surface area contributed by atoms with Gasteiger partial charge in [-0.1, -0.05) is 23.7 Å². The number of nitrogens with one attached hydrogen (secondary N) is 1. The molecule has 2 aliphatic heterocycles. The van der Waals surface area contributed by atoms with Crippen molar-refractivity contribution in [3.63, 3.8) is 0 Å². The molecule has 1 saturated carbocycles. The SMILES string of the molecule is COc1cc(-c2cn(C)c(=O)c3cnccc23)cc(Cl)c1C(=O)N1CCC(CC(=O)N2CCC(c3ccc(NC4CCC(=O)CC4=O)cc3)CC2)CC1. The number of amides is 2. The van der Waals surface area contributed by atoms with Gasteiger partial charge in [-0.15, -0.1) is 0 Å². The smallest absolute Gasteiger partial charge is 0.259 e. The third-order valence-corrected chi connectivity index (χ3v) is 11.5. The molecule has 11 nitrogen and oxygen atoms in total. The number of anilines is 1. The summed E-state index contributed by atoms with van der Waals surface area (Å²) in [6.07, 6.45) is 9.66. The number of halogens is 1. The Morgan fingerprint density at radius 1 is 0.925 bits per heavy atom. The normalized spacial score (nSPS) is 18.7. The van der Waals surface area contributed by atoms with E-state index in [-0.39, 0.29) is 52.3 Å². The van der Waals surface area contributed by atoms with Gasteiger partial charge in [0.1, 0.15) is 17.1 Å². The molecule has 12 heteroatoms. The molecule has 1 N–H and O–H groups in total. The Labute approximate surface area is 313 Å². The predicted molar refractivity (Wildman–Crippen MR) is 203 cm³/mol. The Kier molecular flexibility index (Phi) is 10.6. The number of methoxy groups -OCH3 is 1. The topological polar surface area (TPSA) is 131 Å². The van der Waals surface area contributed by atoms with Crippen LogP contribution in [0, 0.1) is 5.92 Å². The number of fused-ring (bicyclic) bond motifs is 1. The molecule has 3 fully saturated rings. The van der Waals surface area contributed by atoms with Gasteiger partial charge in [-0.25, -0.2) is 0 Å². The maximum atomic E-state index is 13.8. The van der Waals surface area contributed by atoms with Gasteiger partial charge in [0, 0.05) is 75.9 Å². The van der Waals surface area contributed by atoms with Crippen molar-refractivity contribution in [2.75, 3.05) is 38.6 Å². The van der Waals surface area contributed by atoms with Gasteiger partial charge in [0.2, 0.25) is 5.91 Å². The molecule has 1 unspecified atom stereocenters. The van der Waals surface area contributed by atoms with Gasteiger partial charge in [0.25, 0.3) is 11.5 Å². The average molecular weight is 738 g/mol. The van der Waals surface area contributed by atoms with Crippen molar-refractivity contribution in [3.05, 3.63) is 87.6 Å². The number of nitrogens with zero attached hydrogens (tertiary/aromatic N) is 4. The first-order chi connectivity index (χ1) is 25.6. The van der Waals surface area contributed by atoms with Crippen molar-refractivity contribution in [1.82, 2.24) is 19.4 Å². The first-order valence-electron chi connectivity index (χ1n) is 18.4. The molecule has 276 valence electrons. The molecule has 0 bridgehead atoms. The summed E-state index contributed by atoms with van der Waals surface area (Å²) in [6.45, 7) is 2.48. The molecule has 53 heavy (non-hydrogen) atoms. The van der Waals surface area contributed by atoms with Crippen LogP contribution in [0.1, 0.15) is 73.2 Å². The fourth-order valence-corrected chi connectivity index (χ4v) is 8.35. The number of benzene rings is 2. The van der Waals surface area contributed by atoms with Crippen LogP contribution in [-0.2, 0) is 21.4 Å². The molecule has 0 spiro atoms. The van der Waals surface area contributed by atoms with Crippen LogP contribution in [0.15, 0.2) is 65.8 Å². The highest BCUT2D eigenvalue weighted by atomic mass is 35.5. The van der Waals surface area contributed by atoms with Crippen LogP contribution in [0.4, 0.5) is 5.69 Å². The lowest BCUT2D eigenvalue weighted by molar-refractivity contribution is -0.133. The highest BCUT2D eigenvalue weighted by molar-refractivity contribution is 6.34. The summed E-state index contributed by atoms with van der Waals surface area (Å²) >= 11 is 6.80. The van der Waals surface area contributed by atoms with Crippen molar-refractivity contribution < 1.29 is 23.9 Å². The summed E-state index contributed by atoms with van der Waals surface area (Å²) in [6, 6.07) is 13.2. The van der Waals surface area contributed by atoms with Crippen molar-refractivity contribution in [1.29, 1.82) is 0 Å². The Morgan fingerprint density at radius 3 is 2.34 bits per heavy atom. The number of carbonyl (C=O) groups excluding carboxylic acids is 4. The third-order valence-electron chi connectivity index (χ3n) is 11.2. The van der Waals surface area contributed by atoms with E-state index in [1.54, 1.807) is 48.7 Å². The summed E-state index contributed by atoms with van der Waals surface area (Å²) in [4.78, 5) is 71.5. The predicted octanol–water partition coefficient (Wildman–Crippen LogP) is 6.01. The largest absolute Gasteiger partial charge is 0.496 e. The zero-order valence-electron chi connectivity index (χ0n) is 30.1. The van der Waals surface area contributed by atoms with E-state index in [1.807, 2.05) is 17.0 Å². The van der Waals surface area contributed by atoms with Crippen LogP contribution in [0.5, 0.6) is 5.75 Å². The molecule has 7 rings (SSSR count). The van der Waals surface area contributed by atoms with Crippen molar-refractivity contribution in [2.45, 2.75) is 63.3 Å². The first kappa shape index (κ1) is 36.3. The van der Waals surface area contributed by atoms with Gasteiger partial charge >= 0.3 is 0 Å². The molecule has 1 aliphatic carbocycles. The number of hydrogen-bond donors (Lipinski definition) is 1. The molecule has 0 radical (unpaired) electrons. The highest BCUT2D eigenvalue weighted by Gasteiger charge is 2.31. The molecule has 4 aromatic rings. The highest BCUT2D eigenvalue weighted by Crippen LogP contribution is 2.37. The Hall–Kier alpha value is -5.03. The third kappa shape index (κ3) is 7.71. The standard InChI is InChI=1S/C41H44ClN5O6/c1-45-24-33(31-9-14-43-23-32(31)40(45)51)28-20-34(42)39(37(21-28)53-2)41(52)47-15-10-25(11-16-47)19-38(50)46-17-12-27(13-18-46)26-3-5-29(6-4-26)44-35-8-7-30(48)22-36(35)49/h3-6,9,14,20-21,23-25,27,35,44H,7-8,10-13,15-19,22H2,1-2H3. The maximum absolute atomic E-state index is 13.8. The Morgan fingerprint density at radius 2 is 1.64 bits per heavy atom. The lowest BCUT2D eigenvalue weighted by Gasteiger charge is -2.35. The van der Waals surface area contributed by atoms with E-state index in [9.17, 15) is 24.0 Å². The number of pyridine rings is 2. The van der Waals surface area contributed by atoms with E-state index >= 15 is 0 Å². The van der Waals surface area contributed by atoms with Crippen LogP contribution in [0.25, 0.3) is 21.9 Å². The zero-order chi connectivity index (χ0) is 37.2. The molecule has 1 atom stereocenters. The Bertz CT molecular complexity index is 2120. The van der Waals surface area contributed by atoms with Crippen LogP contribution in [-0.4, -0.2) is 82.1 Å². The average Bonchev–Trinajstić information content (AvgIpc) is 3.17. The molecular weight excluding hydrogens is 694 g/mol. The number of hydrogen-bond acceptors (Lipinski definition) is 8. The van der Waals surface area contributed by atoms with Crippen LogP contribution in [0.2, 0.25) is 5.02 Å². The van der Waals surface area contributed by atoms with E-state index in [0.717, 1.165) is 47.9 Å². The quantitative estimate of drug-likeness (QED) is 0.218. The van der Waals surface area contributed by atoms with Gasteiger partial charge < -0.3 is 24.4 Å². The van der Waals surface area contributed by atoms with E-state index < -0.39 is 0 Å². The van der Waals surface area contributed by atoms with E-state index in [0.29, 0.717) is 68.1 Å². The summed E-state index contributed by atoms with van der Waals surface area (Å²) in [5.74, 6) is 0.870. The number of piperidine rings is 2. The summed E-state index contributed by atoms with van der Waals surface area (Å²) in [5, 5.41) is 4.77. The second kappa shape index (κ2) is 15.5. The van der Waals surface area contributed by atoms with Crippen LogP contribution < -0.4 is 15.6 Å². The molecule has 2 aromatic heterocycles. The lowest BCUT2D eigenvalue weighted by Crippen LogP contribution is -2.42. The van der Waals surface area contributed by atoms with E-state index in [1.165, 1.54) is 17.2 Å². The Balaban J connectivity index is 0.913. The number of Topliss-reactive ketones (excluding diaryl/α,β-unsaturated/α-hetero) is 2. The fraction of sp³-hybridized carbons (Fsp3) is 0.415. The number of aryl methyl sites for hydroxylation is 1. The number of likely N-dealkylation sites (tertiary alicyclic amines) is 2. The summed E-state index contributed by atoms with van der Waals surface area (Å²) in [7, 11) is 3.20. The van der Waals surface area contributed by atoms with Gasteiger partial charge in [-0.2, -0.15) is 0 Å². The van der Waals surface area contributed by atoms with Crippen molar-refractivity contribution >= 4 is 51.4 Å². The lowest BCUT2D eigenvalue weighted by atomic mass is 9.88. The maximum Gasteiger partial charge on any atom is 0.259 e.